The minimum atomic E-state index is -0.580. The van der Waals surface area contributed by atoms with Gasteiger partial charge in [-0.15, -0.1) is 0 Å². The van der Waals surface area contributed by atoms with Crippen LogP contribution >= 0.6 is 0 Å². The molecule has 2 fully saturated rings. The number of nitrogens with one attached hydrogen (secondary N) is 1. The number of hydrogen-bond donors (Lipinski definition) is 1. The van der Waals surface area contributed by atoms with Crippen LogP contribution in [0.1, 0.15) is 42.5 Å². The zero-order valence-electron chi connectivity index (χ0n) is 15.7. The van der Waals surface area contributed by atoms with E-state index in [1.54, 1.807) is 26.4 Å². The van der Waals surface area contributed by atoms with Crippen molar-refractivity contribution in [2.24, 2.45) is 0 Å². The van der Waals surface area contributed by atoms with Gasteiger partial charge in [0.1, 0.15) is 5.82 Å². The number of amides is 2. The van der Waals surface area contributed by atoms with Gasteiger partial charge in [-0.1, -0.05) is 0 Å². The number of methoxy groups -OCH3 is 1. The number of aromatic nitrogens is 1. The number of pyridine rings is 1. The molecule has 2 saturated heterocycles. The Labute approximate surface area is 154 Å². The van der Waals surface area contributed by atoms with Crippen molar-refractivity contribution in [3.05, 3.63) is 23.9 Å². The molecule has 1 atom stereocenters. The summed E-state index contributed by atoms with van der Waals surface area (Å²) in [7, 11) is 3.24. The number of anilines is 1. The highest BCUT2D eigenvalue weighted by molar-refractivity contribution is 5.96. The molecule has 0 aliphatic carbocycles. The number of carbonyl (C=O) groups is 2. The van der Waals surface area contributed by atoms with Gasteiger partial charge in [0.05, 0.1) is 18.6 Å². The fourth-order valence-electron chi connectivity index (χ4n) is 4.12. The molecule has 26 heavy (non-hydrogen) atoms. The maximum Gasteiger partial charge on any atom is 0.254 e. The molecule has 0 radical (unpaired) electrons. The fourth-order valence-corrected chi connectivity index (χ4v) is 4.12. The van der Waals surface area contributed by atoms with Crippen molar-refractivity contribution >= 4 is 17.6 Å². The standard InChI is InChI=1S/C19H28N4O3/c1-20-17(24)13-19(14-26-2)7-5-11-23(19)18(25)15-6-8-21-16(12-15)22-9-3-4-10-22/h6,8,12H,3-5,7,9-11,13-14H2,1-2H3,(H,20,24). The van der Waals surface area contributed by atoms with E-state index in [0.717, 1.165) is 44.6 Å². The summed E-state index contributed by atoms with van der Waals surface area (Å²) in [6.07, 6.45) is 5.92. The van der Waals surface area contributed by atoms with Gasteiger partial charge in [-0.25, -0.2) is 4.98 Å². The predicted octanol–water partition coefficient (Wildman–Crippen LogP) is 1.44. The maximum absolute atomic E-state index is 13.3. The van der Waals surface area contributed by atoms with Crippen molar-refractivity contribution in [3.8, 4) is 0 Å². The van der Waals surface area contributed by atoms with Crippen molar-refractivity contribution in [2.45, 2.75) is 37.6 Å². The van der Waals surface area contributed by atoms with Crippen LogP contribution in [0.2, 0.25) is 0 Å². The lowest BCUT2D eigenvalue weighted by Gasteiger charge is -2.37. The van der Waals surface area contributed by atoms with E-state index < -0.39 is 5.54 Å². The van der Waals surface area contributed by atoms with Gasteiger partial charge >= 0.3 is 0 Å². The molecule has 7 nitrogen and oxygen atoms in total. The molecule has 2 aliphatic heterocycles. The average molecular weight is 360 g/mol. The van der Waals surface area contributed by atoms with Gasteiger partial charge < -0.3 is 19.9 Å². The van der Waals surface area contributed by atoms with E-state index in [9.17, 15) is 9.59 Å². The summed E-state index contributed by atoms with van der Waals surface area (Å²) in [5.41, 5.74) is 0.0457. The Bertz CT molecular complexity index is 660. The molecule has 142 valence electrons. The van der Waals surface area contributed by atoms with Crippen LogP contribution in [-0.4, -0.2) is 67.6 Å². The lowest BCUT2D eigenvalue weighted by atomic mass is 9.91. The molecule has 3 heterocycles. The summed E-state index contributed by atoms with van der Waals surface area (Å²) in [5, 5.41) is 2.67. The molecule has 2 aliphatic rings. The van der Waals surface area contributed by atoms with Gasteiger partial charge in [0.2, 0.25) is 5.91 Å². The second-order valence-corrected chi connectivity index (χ2v) is 7.16. The molecular weight excluding hydrogens is 332 g/mol. The Morgan fingerprint density at radius 3 is 2.73 bits per heavy atom. The van der Waals surface area contributed by atoms with E-state index >= 15 is 0 Å². The summed E-state index contributed by atoms with van der Waals surface area (Å²) >= 11 is 0. The first-order chi connectivity index (χ1) is 12.6. The fraction of sp³-hybridized carbons (Fsp3) is 0.632. The molecule has 0 aromatic carbocycles. The molecule has 2 amide bonds. The third-order valence-corrected chi connectivity index (χ3v) is 5.45. The number of likely N-dealkylation sites (tertiary alicyclic amines) is 1. The summed E-state index contributed by atoms with van der Waals surface area (Å²) in [6.45, 7) is 2.97. The van der Waals surface area contributed by atoms with Crippen LogP contribution in [0.25, 0.3) is 0 Å². The third-order valence-electron chi connectivity index (χ3n) is 5.45. The summed E-state index contributed by atoms with van der Waals surface area (Å²) in [6, 6.07) is 3.64. The van der Waals surface area contributed by atoms with Crippen LogP contribution in [-0.2, 0) is 9.53 Å². The maximum atomic E-state index is 13.3. The first-order valence-corrected chi connectivity index (χ1v) is 9.32. The van der Waals surface area contributed by atoms with Gasteiger partial charge in [0, 0.05) is 45.6 Å². The second kappa shape index (κ2) is 8.03. The highest BCUT2D eigenvalue weighted by Crippen LogP contribution is 2.34. The molecule has 1 aromatic rings. The second-order valence-electron chi connectivity index (χ2n) is 7.16. The topological polar surface area (TPSA) is 74.8 Å². The minimum absolute atomic E-state index is 0.0497. The summed E-state index contributed by atoms with van der Waals surface area (Å²) in [4.78, 5) is 33.8. The molecule has 0 spiro atoms. The Balaban J connectivity index is 1.84. The van der Waals surface area contributed by atoms with Crippen LogP contribution in [0.5, 0.6) is 0 Å². The monoisotopic (exact) mass is 360 g/mol. The van der Waals surface area contributed by atoms with E-state index in [0.29, 0.717) is 18.7 Å². The average Bonchev–Trinajstić information content (AvgIpc) is 3.32. The first-order valence-electron chi connectivity index (χ1n) is 9.32. The molecule has 1 aromatic heterocycles. The van der Waals surface area contributed by atoms with Crippen LogP contribution in [0.4, 0.5) is 5.82 Å². The quantitative estimate of drug-likeness (QED) is 0.831. The number of rotatable bonds is 6. The van der Waals surface area contributed by atoms with Gasteiger partial charge in [-0.3, -0.25) is 9.59 Å². The zero-order valence-corrected chi connectivity index (χ0v) is 15.7. The van der Waals surface area contributed by atoms with Crippen LogP contribution in [0.15, 0.2) is 18.3 Å². The predicted molar refractivity (Wildman–Crippen MR) is 99.2 cm³/mol. The van der Waals surface area contributed by atoms with Gasteiger partial charge in [0.25, 0.3) is 5.91 Å². The van der Waals surface area contributed by atoms with E-state index in [1.807, 2.05) is 11.0 Å². The minimum Gasteiger partial charge on any atom is -0.382 e. The smallest absolute Gasteiger partial charge is 0.254 e. The van der Waals surface area contributed by atoms with Crippen molar-refractivity contribution in [1.82, 2.24) is 15.2 Å². The number of nitrogens with zero attached hydrogens (tertiary/aromatic N) is 3. The molecule has 0 bridgehead atoms. The van der Waals surface area contributed by atoms with Crippen molar-refractivity contribution < 1.29 is 14.3 Å². The van der Waals surface area contributed by atoms with Gasteiger partial charge in [-0.2, -0.15) is 0 Å². The Kier molecular flexibility index (Phi) is 5.76. The molecular formula is C19H28N4O3. The molecule has 0 saturated carbocycles. The van der Waals surface area contributed by atoms with Crippen LogP contribution in [0.3, 0.4) is 0 Å². The van der Waals surface area contributed by atoms with E-state index in [2.05, 4.69) is 15.2 Å². The number of hydrogen-bond acceptors (Lipinski definition) is 5. The normalized spacial score (nSPS) is 22.7. The summed E-state index contributed by atoms with van der Waals surface area (Å²) < 4.78 is 5.40. The van der Waals surface area contributed by atoms with Crippen molar-refractivity contribution in [3.63, 3.8) is 0 Å². The largest absolute Gasteiger partial charge is 0.382 e. The number of carbonyl (C=O) groups excluding carboxylic acids is 2. The molecule has 1 N–H and O–H groups in total. The van der Waals surface area contributed by atoms with E-state index in [-0.39, 0.29) is 18.2 Å². The Morgan fingerprint density at radius 1 is 1.27 bits per heavy atom. The Morgan fingerprint density at radius 2 is 2.04 bits per heavy atom. The third kappa shape index (κ3) is 3.67. The van der Waals surface area contributed by atoms with Gasteiger partial charge in [0.15, 0.2) is 0 Å². The SMILES string of the molecule is CNC(=O)CC1(COC)CCCN1C(=O)c1ccnc(N2CCCC2)c1. The van der Waals surface area contributed by atoms with Gasteiger partial charge in [-0.05, 0) is 37.8 Å². The van der Waals surface area contributed by atoms with Crippen LogP contribution < -0.4 is 10.2 Å². The van der Waals surface area contributed by atoms with Crippen LogP contribution in [0, 0.1) is 0 Å². The van der Waals surface area contributed by atoms with E-state index in [1.165, 1.54) is 0 Å². The molecule has 1 unspecified atom stereocenters. The highest BCUT2D eigenvalue weighted by Gasteiger charge is 2.45. The summed E-state index contributed by atoms with van der Waals surface area (Å²) in [5.74, 6) is 0.733. The highest BCUT2D eigenvalue weighted by atomic mass is 16.5. The molecule has 3 rings (SSSR count). The Hall–Kier alpha value is -2.15. The van der Waals surface area contributed by atoms with Crippen molar-refractivity contribution in [1.29, 1.82) is 0 Å². The zero-order chi connectivity index (χ0) is 18.6. The molecule has 7 heteroatoms. The first kappa shape index (κ1) is 18.6. The number of ether oxygens (including phenoxy) is 1. The van der Waals surface area contributed by atoms with Crippen molar-refractivity contribution in [2.75, 3.05) is 45.3 Å². The lowest BCUT2D eigenvalue weighted by Crippen LogP contribution is -2.52. The lowest BCUT2D eigenvalue weighted by molar-refractivity contribution is -0.123. The van der Waals surface area contributed by atoms with E-state index in [4.69, 9.17) is 4.74 Å².